The maximum atomic E-state index is 10.9. The Hall–Kier alpha value is -1.56. The zero-order valence-corrected chi connectivity index (χ0v) is 6.76. The zero-order chi connectivity index (χ0) is 9.14. The van der Waals surface area contributed by atoms with E-state index in [2.05, 4.69) is 10.5 Å². The highest BCUT2D eigenvalue weighted by Crippen LogP contribution is 2.18. The van der Waals surface area contributed by atoms with E-state index >= 15 is 0 Å². The molecule has 0 saturated heterocycles. The molecule has 0 aromatic carbocycles. The van der Waals surface area contributed by atoms with Gasteiger partial charge in [-0.15, -0.1) is 11.3 Å². The smallest absolute Gasteiger partial charge is 0.391 e. The Balaban J connectivity index is 2.72. The Morgan fingerprint density at radius 2 is 2.08 bits per heavy atom. The molecule has 0 spiro atoms. The second kappa shape index (κ2) is 3.22. The van der Waals surface area contributed by atoms with Crippen molar-refractivity contribution in [3.63, 3.8) is 0 Å². The predicted molar refractivity (Wildman–Crippen MR) is 43.7 cm³/mol. The van der Waals surface area contributed by atoms with Gasteiger partial charge in [0.15, 0.2) is 0 Å². The molecule has 0 aliphatic carbocycles. The normalized spacial score (nSPS) is 9.33. The van der Waals surface area contributed by atoms with Crippen molar-refractivity contribution in [1.82, 2.24) is 0 Å². The third-order valence-corrected chi connectivity index (χ3v) is 1.92. The monoisotopic (exact) mass is 186 g/mol. The van der Waals surface area contributed by atoms with Crippen LogP contribution in [0.5, 0.6) is 0 Å². The van der Waals surface area contributed by atoms with Gasteiger partial charge in [0.25, 0.3) is 0 Å². The first-order chi connectivity index (χ1) is 5.59. The van der Waals surface area contributed by atoms with Crippen molar-refractivity contribution in [2.45, 2.75) is 0 Å². The zero-order valence-electron chi connectivity index (χ0n) is 5.94. The van der Waals surface area contributed by atoms with Gasteiger partial charge in [-0.25, -0.2) is 9.59 Å². The van der Waals surface area contributed by atoms with Crippen LogP contribution >= 0.6 is 11.3 Å². The van der Waals surface area contributed by atoms with Gasteiger partial charge >= 0.3 is 12.1 Å². The lowest BCUT2D eigenvalue weighted by Crippen LogP contribution is -2.17. The third-order valence-electron chi connectivity index (χ3n) is 1.02. The molecule has 12 heavy (non-hydrogen) atoms. The molecule has 0 bridgehead atoms. The molecule has 0 saturated carbocycles. The van der Waals surface area contributed by atoms with Crippen LogP contribution in [0.25, 0.3) is 0 Å². The summed E-state index contributed by atoms with van der Waals surface area (Å²) in [6.45, 7) is 0. The third kappa shape index (κ3) is 1.96. The van der Waals surface area contributed by atoms with Crippen LogP contribution in [0, 0.1) is 0 Å². The number of hydrogen-bond donors (Lipinski definition) is 2. The van der Waals surface area contributed by atoms with E-state index in [1.165, 1.54) is 6.07 Å². The Kier molecular flexibility index (Phi) is 2.29. The van der Waals surface area contributed by atoms with Crippen LogP contribution in [-0.4, -0.2) is 12.1 Å². The summed E-state index contributed by atoms with van der Waals surface area (Å²) in [5, 5.41) is 0.478. The number of ether oxygens (including phenoxy) is 1. The number of nitrogen functional groups attached to an aromatic ring is 1. The molecule has 0 fully saturated rings. The fourth-order valence-electron chi connectivity index (χ4n) is 0.604. The van der Waals surface area contributed by atoms with Gasteiger partial charge in [-0.2, -0.15) is 0 Å². The highest BCUT2D eigenvalue weighted by molar-refractivity contribution is 7.17. The number of anilines is 1. The van der Waals surface area contributed by atoms with Gasteiger partial charge in [-0.3, -0.25) is 0 Å². The SMILES string of the molecule is NC(=O)OC(=O)c1ccc(N)s1. The number of hydrogen-bond acceptors (Lipinski definition) is 5. The van der Waals surface area contributed by atoms with Gasteiger partial charge in [-0.05, 0) is 12.1 Å². The van der Waals surface area contributed by atoms with Gasteiger partial charge < -0.3 is 16.2 Å². The number of thiophene rings is 1. The fourth-order valence-corrected chi connectivity index (χ4v) is 1.26. The standard InChI is InChI=1S/C6H6N2O3S/c7-4-2-1-3(12-4)5(9)11-6(8)10/h1-2H,7H2,(H2,8,10). The van der Waals surface area contributed by atoms with Crippen molar-refractivity contribution in [3.8, 4) is 0 Å². The van der Waals surface area contributed by atoms with Crippen LogP contribution < -0.4 is 11.5 Å². The van der Waals surface area contributed by atoms with Crippen LogP contribution in [0.2, 0.25) is 0 Å². The first-order valence-electron chi connectivity index (χ1n) is 2.96. The van der Waals surface area contributed by atoms with Gasteiger partial charge in [0.2, 0.25) is 0 Å². The summed E-state index contributed by atoms with van der Waals surface area (Å²) in [5.41, 5.74) is 9.97. The maximum Gasteiger partial charge on any atom is 0.412 e. The first-order valence-corrected chi connectivity index (χ1v) is 3.78. The van der Waals surface area contributed by atoms with E-state index in [1.54, 1.807) is 6.07 Å². The highest BCUT2D eigenvalue weighted by Gasteiger charge is 2.11. The number of carbonyl (C=O) groups is 2. The van der Waals surface area contributed by atoms with Gasteiger partial charge in [0, 0.05) is 0 Å². The summed E-state index contributed by atoms with van der Waals surface area (Å²) in [6, 6.07) is 3.01. The molecular formula is C6H6N2O3S. The lowest BCUT2D eigenvalue weighted by atomic mass is 10.5. The van der Waals surface area contributed by atoms with Gasteiger partial charge in [-0.1, -0.05) is 0 Å². The lowest BCUT2D eigenvalue weighted by Gasteiger charge is -1.93. The van der Waals surface area contributed by atoms with Crippen LogP contribution in [0.15, 0.2) is 12.1 Å². The summed E-state index contributed by atoms with van der Waals surface area (Å²) in [5.74, 6) is -0.774. The topological polar surface area (TPSA) is 95.4 Å². The van der Waals surface area contributed by atoms with Crippen molar-refractivity contribution in [2.75, 3.05) is 5.73 Å². The Morgan fingerprint density at radius 1 is 1.42 bits per heavy atom. The van der Waals surface area contributed by atoms with E-state index in [9.17, 15) is 9.59 Å². The summed E-state index contributed by atoms with van der Waals surface area (Å²) in [7, 11) is 0. The summed E-state index contributed by atoms with van der Waals surface area (Å²) in [6.07, 6.45) is -1.12. The van der Waals surface area contributed by atoms with Gasteiger partial charge in [0.05, 0.1) is 5.00 Å². The summed E-state index contributed by atoms with van der Waals surface area (Å²) < 4.78 is 4.10. The van der Waals surface area contributed by atoms with Gasteiger partial charge in [0.1, 0.15) is 4.88 Å². The van der Waals surface area contributed by atoms with Crippen molar-refractivity contribution >= 4 is 28.4 Å². The molecular weight excluding hydrogens is 180 g/mol. The minimum atomic E-state index is -1.12. The van der Waals surface area contributed by atoms with E-state index < -0.39 is 12.1 Å². The molecule has 64 valence electrons. The van der Waals surface area contributed by atoms with Crippen LogP contribution in [0.1, 0.15) is 9.67 Å². The predicted octanol–water partition coefficient (Wildman–Crippen LogP) is 0.566. The van der Waals surface area contributed by atoms with Crippen molar-refractivity contribution in [2.24, 2.45) is 5.73 Å². The van der Waals surface area contributed by atoms with E-state index in [0.29, 0.717) is 5.00 Å². The average Bonchev–Trinajstić information content (AvgIpc) is 2.34. The molecule has 1 amide bonds. The minimum Gasteiger partial charge on any atom is -0.391 e. The molecule has 5 nitrogen and oxygen atoms in total. The molecule has 0 radical (unpaired) electrons. The molecule has 1 aromatic heterocycles. The minimum absolute atomic E-state index is 0.256. The number of amides is 1. The van der Waals surface area contributed by atoms with E-state index in [1.807, 2.05) is 0 Å². The second-order valence-corrected chi connectivity index (χ2v) is 3.03. The number of esters is 1. The number of nitrogens with two attached hydrogens (primary N) is 2. The maximum absolute atomic E-state index is 10.9. The number of rotatable bonds is 1. The molecule has 6 heteroatoms. The van der Waals surface area contributed by atoms with E-state index in [4.69, 9.17) is 5.73 Å². The Morgan fingerprint density at radius 3 is 2.50 bits per heavy atom. The molecule has 0 atom stereocenters. The van der Waals surface area contributed by atoms with Crippen molar-refractivity contribution in [3.05, 3.63) is 17.0 Å². The average molecular weight is 186 g/mol. The molecule has 0 aliphatic rings. The quantitative estimate of drug-likeness (QED) is 0.495. The van der Waals surface area contributed by atoms with Crippen molar-refractivity contribution < 1.29 is 14.3 Å². The Bertz CT molecular complexity index is 320. The number of carbonyl (C=O) groups excluding carboxylic acids is 2. The fraction of sp³-hybridized carbons (Fsp3) is 0. The molecule has 0 unspecified atom stereocenters. The highest BCUT2D eigenvalue weighted by atomic mass is 32.1. The largest absolute Gasteiger partial charge is 0.412 e. The number of primary amides is 1. The Labute approximate surface area is 71.9 Å². The molecule has 0 aliphatic heterocycles. The van der Waals surface area contributed by atoms with Crippen molar-refractivity contribution in [1.29, 1.82) is 0 Å². The van der Waals surface area contributed by atoms with E-state index in [0.717, 1.165) is 11.3 Å². The molecule has 1 rings (SSSR count). The van der Waals surface area contributed by atoms with Crippen LogP contribution in [0.3, 0.4) is 0 Å². The summed E-state index contributed by atoms with van der Waals surface area (Å²) >= 11 is 1.03. The molecule has 4 N–H and O–H groups in total. The molecule has 1 heterocycles. The first kappa shape index (κ1) is 8.54. The summed E-state index contributed by atoms with van der Waals surface area (Å²) in [4.78, 5) is 21.3. The lowest BCUT2D eigenvalue weighted by molar-refractivity contribution is 0.0643. The second-order valence-electron chi connectivity index (χ2n) is 1.91. The van der Waals surface area contributed by atoms with Crippen LogP contribution in [0.4, 0.5) is 9.80 Å². The molecule has 1 aromatic rings. The van der Waals surface area contributed by atoms with Crippen LogP contribution in [-0.2, 0) is 4.74 Å². The van der Waals surface area contributed by atoms with E-state index in [-0.39, 0.29) is 4.88 Å².